The predicted octanol–water partition coefficient (Wildman–Crippen LogP) is 2.13. The zero-order chi connectivity index (χ0) is 12.8. The molecule has 0 bridgehead atoms. The molecular weight excluding hydrogens is 214 g/mol. The Morgan fingerprint density at radius 1 is 1.59 bits per heavy atom. The van der Waals surface area contributed by atoms with Crippen LogP contribution in [0.3, 0.4) is 0 Å². The summed E-state index contributed by atoms with van der Waals surface area (Å²) in [6.45, 7) is 12.0. The van der Waals surface area contributed by atoms with Crippen LogP contribution in [0.25, 0.3) is 0 Å². The van der Waals surface area contributed by atoms with Crippen LogP contribution in [-0.4, -0.2) is 22.8 Å². The highest BCUT2D eigenvalue weighted by Crippen LogP contribution is 2.18. The van der Waals surface area contributed by atoms with E-state index in [0.717, 1.165) is 17.8 Å². The topological polar surface area (TPSA) is 53.1 Å². The van der Waals surface area contributed by atoms with Crippen LogP contribution in [0.4, 0.5) is 0 Å². The predicted molar refractivity (Wildman–Crippen MR) is 69.6 cm³/mol. The van der Waals surface area contributed by atoms with E-state index in [4.69, 9.17) is 10.5 Å². The number of imidazole rings is 1. The molecule has 0 aliphatic rings. The molecule has 0 saturated heterocycles. The third-order valence-corrected chi connectivity index (χ3v) is 2.63. The molecule has 0 radical (unpaired) electrons. The lowest BCUT2D eigenvalue weighted by Gasteiger charge is -2.17. The number of aromatic nitrogens is 2. The summed E-state index contributed by atoms with van der Waals surface area (Å²) in [7, 11) is 0. The van der Waals surface area contributed by atoms with Crippen molar-refractivity contribution in [3.63, 3.8) is 0 Å². The zero-order valence-corrected chi connectivity index (χ0v) is 11.0. The molecule has 0 aliphatic carbocycles. The molecule has 1 aromatic rings. The second-order valence-electron chi connectivity index (χ2n) is 4.79. The number of hydrogen-bond donors (Lipinski definition) is 1. The SMILES string of the molecule is C=C(C)COCCn1cncc1C(N)C(C)C. The third-order valence-electron chi connectivity index (χ3n) is 2.63. The van der Waals surface area contributed by atoms with Gasteiger partial charge in [0.15, 0.2) is 0 Å². The normalized spacial score (nSPS) is 13.0. The Kier molecular flexibility index (Phi) is 5.38. The Balaban J connectivity index is 2.49. The quantitative estimate of drug-likeness (QED) is 0.584. The van der Waals surface area contributed by atoms with Crippen molar-refractivity contribution >= 4 is 0 Å². The smallest absolute Gasteiger partial charge is 0.0949 e. The molecule has 0 aromatic carbocycles. The highest BCUT2D eigenvalue weighted by atomic mass is 16.5. The minimum atomic E-state index is 0.0265. The van der Waals surface area contributed by atoms with Gasteiger partial charge in [-0.3, -0.25) is 0 Å². The van der Waals surface area contributed by atoms with Crippen LogP contribution in [0.5, 0.6) is 0 Å². The highest BCUT2D eigenvalue weighted by molar-refractivity contribution is 5.05. The Bertz CT molecular complexity index is 357. The molecule has 1 heterocycles. The van der Waals surface area contributed by atoms with Crippen molar-refractivity contribution in [2.75, 3.05) is 13.2 Å². The van der Waals surface area contributed by atoms with Gasteiger partial charge < -0.3 is 15.0 Å². The fraction of sp³-hybridized carbons (Fsp3) is 0.615. The molecule has 4 nitrogen and oxygen atoms in total. The maximum Gasteiger partial charge on any atom is 0.0949 e. The summed E-state index contributed by atoms with van der Waals surface area (Å²) in [6.07, 6.45) is 3.64. The van der Waals surface area contributed by atoms with Gasteiger partial charge in [0.25, 0.3) is 0 Å². The van der Waals surface area contributed by atoms with Gasteiger partial charge >= 0.3 is 0 Å². The number of nitrogens with two attached hydrogens (primary N) is 1. The first kappa shape index (κ1) is 13.9. The van der Waals surface area contributed by atoms with Crippen molar-refractivity contribution in [3.8, 4) is 0 Å². The summed E-state index contributed by atoms with van der Waals surface area (Å²) in [6, 6.07) is 0.0265. The molecule has 17 heavy (non-hydrogen) atoms. The van der Waals surface area contributed by atoms with Gasteiger partial charge in [-0.05, 0) is 12.8 Å². The summed E-state index contributed by atoms with van der Waals surface area (Å²) in [5, 5.41) is 0. The van der Waals surface area contributed by atoms with Crippen LogP contribution >= 0.6 is 0 Å². The molecule has 1 rings (SSSR count). The van der Waals surface area contributed by atoms with Crippen molar-refractivity contribution in [1.29, 1.82) is 0 Å². The standard InChI is InChI=1S/C13H23N3O/c1-10(2)8-17-6-5-16-9-15-7-12(16)13(14)11(3)4/h7,9,11,13H,1,5-6,8,14H2,2-4H3. The van der Waals surface area contributed by atoms with Gasteiger partial charge in [-0.15, -0.1) is 0 Å². The van der Waals surface area contributed by atoms with Crippen molar-refractivity contribution < 1.29 is 4.74 Å². The first-order valence-corrected chi connectivity index (χ1v) is 6.00. The first-order valence-electron chi connectivity index (χ1n) is 6.00. The highest BCUT2D eigenvalue weighted by Gasteiger charge is 2.14. The number of hydrogen-bond acceptors (Lipinski definition) is 3. The van der Waals surface area contributed by atoms with Gasteiger partial charge in [0.05, 0.1) is 25.2 Å². The van der Waals surface area contributed by atoms with Gasteiger partial charge in [0, 0.05) is 18.8 Å². The minimum Gasteiger partial charge on any atom is -0.375 e. The largest absolute Gasteiger partial charge is 0.375 e. The number of rotatable bonds is 7. The van der Waals surface area contributed by atoms with E-state index >= 15 is 0 Å². The Hall–Kier alpha value is -1.13. The van der Waals surface area contributed by atoms with E-state index in [9.17, 15) is 0 Å². The number of ether oxygens (including phenoxy) is 1. The fourth-order valence-electron chi connectivity index (χ4n) is 1.55. The van der Waals surface area contributed by atoms with E-state index in [1.54, 1.807) is 0 Å². The molecule has 1 unspecified atom stereocenters. The van der Waals surface area contributed by atoms with Crippen LogP contribution in [0.15, 0.2) is 24.7 Å². The van der Waals surface area contributed by atoms with Crippen molar-refractivity contribution in [2.24, 2.45) is 11.7 Å². The summed E-state index contributed by atoms with van der Waals surface area (Å²) in [5.41, 5.74) is 8.22. The molecule has 0 fully saturated rings. The van der Waals surface area contributed by atoms with E-state index in [1.807, 2.05) is 19.4 Å². The molecule has 1 atom stereocenters. The van der Waals surface area contributed by atoms with E-state index < -0.39 is 0 Å². The summed E-state index contributed by atoms with van der Waals surface area (Å²) in [4.78, 5) is 4.15. The number of nitrogens with zero attached hydrogens (tertiary/aromatic N) is 2. The Morgan fingerprint density at radius 2 is 2.29 bits per heavy atom. The second-order valence-corrected chi connectivity index (χ2v) is 4.79. The van der Waals surface area contributed by atoms with Gasteiger partial charge in [-0.25, -0.2) is 4.98 Å². The van der Waals surface area contributed by atoms with E-state index in [-0.39, 0.29) is 6.04 Å². The zero-order valence-electron chi connectivity index (χ0n) is 11.0. The molecule has 1 aromatic heterocycles. The van der Waals surface area contributed by atoms with Crippen LogP contribution in [0.1, 0.15) is 32.5 Å². The first-order chi connectivity index (χ1) is 8.02. The molecule has 96 valence electrons. The summed E-state index contributed by atoms with van der Waals surface area (Å²) >= 11 is 0. The monoisotopic (exact) mass is 237 g/mol. The maximum absolute atomic E-state index is 6.12. The van der Waals surface area contributed by atoms with Crippen molar-refractivity contribution in [1.82, 2.24) is 9.55 Å². The van der Waals surface area contributed by atoms with Crippen molar-refractivity contribution in [3.05, 3.63) is 30.4 Å². The van der Waals surface area contributed by atoms with Crippen LogP contribution in [-0.2, 0) is 11.3 Å². The third kappa shape index (κ3) is 4.32. The van der Waals surface area contributed by atoms with Crippen LogP contribution in [0, 0.1) is 5.92 Å². The molecular formula is C13H23N3O. The van der Waals surface area contributed by atoms with Gasteiger partial charge in [-0.1, -0.05) is 26.0 Å². The molecule has 4 heteroatoms. The second kappa shape index (κ2) is 6.57. The minimum absolute atomic E-state index is 0.0265. The molecule has 0 spiro atoms. The average molecular weight is 237 g/mol. The van der Waals surface area contributed by atoms with Gasteiger partial charge in [0.2, 0.25) is 0 Å². The van der Waals surface area contributed by atoms with E-state index in [0.29, 0.717) is 19.1 Å². The maximum atomic E-state index is 6.12. The van der Waals surface area contributed by atoms with Crippen molar-refractivity contribution in [2.45, 2.75) is 33.4 Å². The molecule has 0 saturated carbocycles. The lowest BCUT2D eigenvalue weighted by molar-refractivity contribution is 0.146. The molecule has 0 aliphatic heterocycles. The van der Waals surface area contributed by atoms with E-state index in [1.165, 1.54) is 0 Å². The Labute approximate surface area is 103 Å². The summed E-state index contributed by atoms with van der Waals surface area (Å²) < 4.78 is 7.53. The average Bonchev–Trinajstić information content (AvgIpc) is 2.71. The lowest BCUT2D eigenvalue weighted by Crippen LogP contribution is -2.21. The van der Waals surface area contributed by atoms with Gasteiger partial charge in [-0.2, -0.15) is 0 Å². The van der Waals surface area contributed by atoms with Crippen LogP contribution in [0.2, 0.25) is 0 Å². The summed E-state index contributed by atoms with van der Waals surface area (Å²) in [5.74, 6) is 0.404. The van der Waals surface area contributed by atoms with E-state index in [2.05, 4.69) is 30.0 Å². The Morgan fingerprint density at radius 3 is 2.88 bits per heavy atom. The molecule has 2 N–H and O–H groups in total. The van der Waals surface area contributed by atoms with Crippen LogP contribution < -0.4 is 5.73 Å². The molecule has 0 amide bonds. The fourth-order valence-corrected chi connectivity index (χ4v) is 1.55. The lowest BCUT2D eigenvalue weighted by atomic mass is 10.0. The van der Waals surface area contributed by atoms with Gasteiger partial charge in [0.1, 0.15) is 0 Å².